The van der Waals surface area contributed by atoms with Crippen LogP contribution in [0.5, 0.6) is 0 Å². The molecule has 0 bridgehead atoms. The van der Waals surface area contributed by atoms with Crippen molar-refractivity contribution >= 4 is 16.9 Å². The van der Waals surface area contributed by atoms with Gasteiger partial charge in [-0.15, -0.1) is 0 Å². The Bertz CT molecular complexity index is 966. The Balaban J connectivity index is 1.40. The van der Waals surface area contributed by atoms with Crippen LogP contribution in [0, 0.1) is 0 Å². The number of para-hydroxylation sites is 1. The average molecular weight is 345 g/mol. The van der Waals surface area contributed by atoms with Crippen LogP contribution >= 0.6 is 0 Å². The van der Waals surface area contributed by atoms with Crippen LogP contribution in [0.15, 0.2) is 42.6 Å². The maximum atomic E-state index is 5.89. The highest BCUT2D eigenvalue weighted by atomic mass is 15.2. The molecule has 3 aromatic rings. The highest BCUT2D eigenvalue weighted by molar-refractivity contribution is 5.78. The average Bonchev–Trinajstić information content (AvgIpc) is 2.99. The molecule has 132 valence electrons. The lowest BCUT2D eigenvalue weighted by Crippen LogP contribution is -2.45. The number of pyridine rings is 1. The monoisotopic (exact) mass is 345 g/mol. The van der Waals surface area contributed by atoms with E-state index in [1.165, 1.54) is 29.5 Å². The number of rotatable bonds is 2. The number of fused-ring (bicyclic) bond motifs is 3. The quantitative estimate of drug-likeness (QED) is 0.773. The Morgan fingerprint density at radius 2 is 2.00 bits per heavy atom. The molecule has 1 aliphatic heterocycles. The molecule has 26 heavy (non-hydrogen) atoms. The normalized spacial score (nSPS) is 22.8. The lowest BCUT2D eigenvalue weighted by atomic mass is 9.77. The summed E-state index contributed by atoms with van der Waals surface area (Å²) in [5.41, 5.74) is 10.7. The molecule has 0 radical (unpaired) electrons. The largest absolute Gasteiger partial charge is 0.368 e. The molecule has 0 amide bonds. The summed E-state index contributed by atoms with van der Waals surface area (Å²) in [6, 6.07) is 12.6. The van der Waals surface area contributed by atoms with E-state index in [0.717, 1.165) is 43.7 Å². The van der Waals surface area contributed by atoms with Gasteiger partial charge in [0.25, 0.3) is 0 Å². The Labute approximate surface area is 153 Å². The van der Waals surface area contributed by atoms with Gasteiger partial charge in [0.1, 0.15) is 0 Å². The van der Waals surface area contributed by atoms with E-state index in [9.17, 15) is 0 Å². The van der Waals surface area contributed by atoms with Gasteiger partial charge in [0.05, 0.1) is 16.9 Å². The second-order valence-electron chi connectivity index (χ2n) is 7.69. The summed E-state index contributed by atoms with van der Waals surface area (Å²) < 4.78 is 0. The first-order chi connectivity index (χ1) is 12.7. The van der Waals surface area contributed by atoms with Crippen molar-refractivity contribution < 1.29 is 0 Å². The fraction of sp³-hybridized carbons (Fsp3) is 0.381. The van der Waals surface area contributed by atoms with Crippen LogP contribution in [0.2, 0.25) is 0 Å². The number of aromatic nitrogens is 3. The number of hydrogen-bond donors (Lipinski definition) is 1. The molecule has 1 atom stereocenters. The maximum Gasteiger partial charge on any atom is 0.220 e. The second kappa shape index (κ2) is 6.02. The Kier molecular flexibility index (Phi) is 3.64. The zero-order valence-corrected chi connectivity index (χ0v) is 14.9. The summed E-state index contributed by atoms with van der Waals surface area (Å²) in [6.45, 7) is 3.04. The summed E-state index contributed by atoms with van der Waals surface area (Å²) in [4.78, 5) is 16.2. The Morgan fingerprint density at radius 3 is 2.96 bits per heavy atom. The molecule has 1 aromatic carbocycles. The molecule has 1 aliphatic carbocycles. The van der Waals surface area contributed by atoms with Crippen molar-refractivity contribution in [2.24, 2.45) is 0 Å². The maximum absolute atomic E-state index is 5.89. The second-order valence-corrected chi connectivity index (χ2v) is 7.69. The van der Waals surface area contributed by atoms with Crippen LogP contribution in [0.4, 0.5) is 5.95 Å². The van der Waals surface area contributed by atoms with E-state index >= 15 is 0 Å². The predicted octanol–water partition coefficient (Wildman–Crippen LogP) is 3.09. The Hall–Kier alpha value is -2.53. The molecular formula is C21H23N5. The van der Waals surface area contributed by atoms with Gasteiger partial charge in [-0.1, -0.05) is 24.3 Å². The molecule has 2 aliphatic rings. The summed E-state index contributed by atoms with van der Waals surface area (Å²) in [6.07, 6.45) is 6.53. The van der Waals surface area contributed by atoms with Gasteiger partial charge in [0.15, 0.2) is 0 Å². The molecule has 0 saturated carbocycles. The molecule has 1 saturated heterocycles. The standard InChI is InChI=1S/C21H23N5/c22-20-23-12-16-8-10-21(19(16)25-20)9-3-11-26(14-21)13-17-7-6-15-4-1-2-5-18(15)24-17/h1-2,4-7,12H,3,8-11,13-14H2,(H2,22,23,25). The number of anilines is 1. The van der Waals surface area contributed by atoms with Crippen molar-refractivity contribution in [3.8, 4) is 0 Å². The van der Waals surface area contributed by atoms with E-state index in [-0.39, 0.29) is 5.41 Å². The number of hydrogen-bond acceptors (Lipinski definition) is 5. The summed E-state index contributed by atoms with van der Waals surface area (Å²) in [5, 5.41) is 1.20. The van der Waals surface area contributed by atoms with Crippen molar-refractivity contribution in [1.82, 2.24) is 19.9 Å². The number of nitrogens with two attached hydrogens (primary N) is 1. The number of nitrogens with zero attached hydrogens (tertiary/aromatic N) is 4. The molecule has 5 nitrogen and oxygen atoms in total. The van der Waals surface area contributed by atoms with Gasteiger partial charge in [-0.2, -0.15) is 0 Å². The zero-order valence-electron chi connectivity index (χ0n) is 14.9. The van der Waals surface area contributed by atoms with Gasteiger partial charge in [-0.05, 0) is 49.9 Å². The number of piperidine rings is 1. The highest BCUT2D eigenvalue weighted by Crippen LogP contribution is 2.44. The van der Waals surface area contributed by atoms with Gasteiger partial charge in [0, 0.05) is 30.1 Å². The third kappa shape index (κ3) is 2.63. The molecule has 5 rings (SSSR count). The molecule has 1 fully saturated rings. The molecule has 3 heterocycles. The number of likely N-dealkylation sites (tertiary alicyclic amines) is 1. The van der Waals surface area contributed by atoms with Crippen molar-refractivity contribution in [2.75, 3.05) is 18.8 Å². The van der Waals surface area contributed by atoms with Crippen LogP contribution in [-0.2, 0) is 18.4 Å². The van der Waals surface area contributed by atoms with Crippen molar-refractivity contribution in [1.29, 1.82) is 0 Å². The lowest BCUT2D eigenvalue weighted by molar-refractivity contribution is 0.135. The van der Waals surface area contributed by atoms with E-state index in [4.69, 9.17) is 10.7 Å². The van der Waals surface area contributed by atoms with Gasteiger partial charge in [-0.25, -0.2) is 9.97 Å². The summed E-state index contributed by atoms with van der Waals surface area (Å²) in [5.74, 6) is 0.401. The van der Waals surface area contributed by atoms with Crippen LogP contribution < -0.4 is 5.73 Å². The first-order valence-electron chi connectivity index (χ1n) is 9.41. The minimum Gasteiger partial charge on any atom is -0.368 e. The van der Waals surface area contributed by atoms with Crippen LogP contribution in [0.1, 0.15) is 36.2 Å². The number of nitrogen functional groups attached to an aromatic ring is 1. The highest BCUT2D eigenvalue weighted by Gasteiger charge is 2.43. The van der Waals surface area contributed by atoms with Gasteiger partial charge in [-0.3, -0.25) is 9.88 Å². The SMILES string of the molecule is Nc1ncc2c(n1)C1(CCCN(Cc3ccc4ccccc4n3)C1)CC2. The Morgan fingerprint density at radius 1 is 1.08 bits per heavy atom. The zero-order chi connectivity index (χ0) is 17.6. The molecule has 1 spiro atoms. The van der Waals surface area contributed by atoms with E-state index in [1.54, 1.807) is 0 Å². The van der Waals surface area contributed by atoms with E-state index in [1.807, 2.05) is 6.20 Å². The predicted molar refractivity (Wildman–Crippen MR) is 103 cm³/mol. The fourth-order valence-corrected chi connectivity index (χ4v) is 4.74. The van der Waals surface area contributed by atoms with E-state index in [2.05, 4.69) is 51.3 Å². The minimum absolute atomic E-state index is 0.140. The van der Waals surface area contributed by atoms with E-state index < -0.39 is 0 Å². The van der Waals surface area contributed by atoms with E-state index in [0.29, 0.717) is 5.95 Å². The topological polar surface area (TPSA) is 67.9 Å². The third-order valence-electron chi connectivity index (χ3n) is 5.96. The summed E-state index contributed by atoms with van der Waals surface area (Å²) >= 11 is 0. The van der Waals surface area contributed by atoms with Crippen molar-refractivity contribution in [2.45, 2.75) is 37.6 Å². The third-order valence-corrected chi connectivity index (χ3v) is 5.96. The van der Waals surface area contributed by atoms with Crippen LogP contribution in [0.25, 0.3) is 10.9 Å². The number of aryl methyl sites for hydroxylation is 1. The van der Waals surface area contributed by atoms with Gasteiger partial charge >= 0.3 is 0 Å². The molecule has 2 N–H and O–H groups in total. The minimum atomic E-state index is 0.140. The van der Waals surface area contributed by atoms with Crippen LogP contribution in [-0.4, -0.2) is 32.9 Å². The fourth-order valence-electron chi connectivity index (χ4n) is 4.74. The lowest BCUT2D eigenvalue weighted by Gasteiger charge is -2.40. The van der Waals surface area contributed by atoms with Gasteiger partial charge < -0.3 is 5.73 Å². The summed E-state index contributed by atoms with van der Waals surface area (Å²) in [7, 11) is 0. The molecule has 5 heteroatoms. The van der Waals surface area contributed by atoms with Gasteiger partial charge in [0.2, 0.25) is 5.95 Å². The number of benzene rings is 1. The molecular weight excluding hydrogens is 322 g/mol. The van der Waals surface area contributed by atoms with Crippen molar-refractivity contribution in [3.63, 3.8) is 0 Å². The molecule has 1 unspecified atom stereocenters. The smallest absolute Gasteiger partial charge is 0.220 e. The molecule has 2 aromatic heterocycles. The van der Waals surface area contributed by atoms with Crippen LogP contribution in [0.3, 0.4) is 0 Å². The van der Waals surface area contributed by atoms with Crippen molar-refractivity contribution in [3.05, 3.63) is 59.5 Å². The first-order valence-corrected chi connectivity index (χ1v) is 9.41. The first kappa shape index (κ1) is 15.7.